The number of carbonyl (C=O) groups excluding carboxylic acids is 1. The molecule has 1 aliphatic rings. The van der Waals surface area contributed by atoms with Crippen LogP contribution in [0.25, 0.3) is 10.2 Å². The third kappa shape index (κ3) is 3.40. The van der Waals surface area contributed by atoms with Gasteiger partial charge in [-0.15, -0.1) is 11.3 Å². The maximum Gasteiger partial charge on any atom is 0.264 e. The summed E-state index contributed by atoms with van der Waals surface area (Å²) in [4.78, 5) is 21.4. The monoisotopic (exact) mass is 436 g/mol. The first-order chi connectivity index (χ1) is 14.6. The van der Waals surface area contributed by atoms with E-state index in [1.807, 2.05) is 59.1 Å². The number of amides is 1. The molecule has 0 saturated carbocycles. The van der Waals surface area contributed by atoms with Crippen molar-refractivity contribution in [3.63, 3.8) is 0 Å². The molecule has 1 amide bonds. The maximum atomic E-state index is 13.4. The minimum atomic E-state index is 0.0891. The van der Waals surface area contributed by atoms with E-state index in [4.69, 9.17) is 11.6 Å². The predicted molar refractivity (Wildman–Crippen MR) is 120 cm³/mol. The smallest absolute Gasteiger partial charge is 0.264 e. The molecule has 0 spiro atoms. The van der Waals surface area contributed by atoms with Gasteiger partial charge < -0.3 is 4.90 Å². The standard InChI is InChI=1S/C23H21ClN4OS/c1-15-18-12-21(22(29)27-11-5-9-20(27)16-7-4-10-25-13-16)30-23(18)28(26-15)14-17-6-2-3-8-19(17)24/h2-4,6-8,10,12-13,20H,5,9,11,14H2,1H3/t20-/m1/s1. The van der Waals surface area contributed by atoms with Gasteiger partial charge in [0.2, 0.25) is 0 Å². The third-order valence-corrected chi connectivity index (χ3v) is 7.18. The minimum absolute atomic E-state index is 0.0891. The predicted octanol–water partition coefficient (Wildman–Crippen LogP) is 5.48. The zero-order chi connectivity index (χ0) is 20.7. The van der Waals surface area contributed by atoms with Crippen LogP contribution in [0.15, 0.2) is 54.9 Å². The number of carbonyl (C=O) groups is 1. The first kappa shape index (κ1) is 19.3. The molecule has 0 bridgehead atoms. The first-order valence-electron chi connectivity index (χ1n) is 10.0. The van der Waals surface area contributed by atoms with Crippen molar-refractivity contribution in [3.05, 3.63) is 81.6 Å². The molecule has 1 saturated heterocycles. The summed E-state index contributed by atoms with van der Waals surface area (Å²) in [7, 11) is 0. The fourth-order valence-electron chi connectivity index (χ4n) is 4.18. The second kappa shape index (κ2) is 7.85. The van der Waals surface area contributed by atoms with Crippen molar-refractivity contribution in [2.75, 3.05) is 6.54 Å². The Morgan fingerprint density at radius 2 is 2.13 bits per heavy atom. The van der Waals surface area contributed by atoms with E-state index in [9.17, 15) is 4.79 Å². The van der Waals surface area contributed by atoms with Crippen LogP contribution in [0.4, 0.5) is 0 Å². The third-order valence-electron chi connectivity index (χ3n) is 5.68. The van der Waals surface area contributed by atoms with Gasteiger partial charge in [0, 0.05) is 29.3 Å². The Morgan fingerprint density at radius 1 is 1.27 bits per heavy atom. The summed E-state index contributed by atoms with van der Waals surface area (Å²) in [5.74, 6) is 0.0891. The summed E-state index contributed by atoms with van der Waals surface area (Å²) in [6.07, 6.45) is 5.62. The van der Waals surface area contributed by atoms with Crippen LogP contribution in [-0.2, 0) is 6.54 Å². The number of fused-ring (bicyclic) bond motifs is 1. The molecule has 4 aromatic rings. The van der Waals surface area contributed by atoms with Crippen LogP contribution in [0, 0.1) is 6.92 Å². The summed E-state index contributed by atoms with van der Waals surface area (Å²) in [6.45, 7) is 3.35. The van der Waals surface area contributed by atoms with Gasteiger partial charge in [-0.05, 0) is 49.1 Å². The molecule has 0 aliphatic carbocycles. The van der Waals surface area contributed by atoms with Crippen LogP contribution in [0.1, 0.15) is 45.4 Å². The Hall–Kier alpha value is -2.70. The fraction of sp³-hybridized carbons (Fsp3) is 0.261. The van der Waals surface area contributed by atoms with Crippen LogP contribution in [0.2, 0.25) is 5.02 Å². The summed E-state index contributed by atoms with van der Waals surface area (Å²) < 4.78 is 1.95. The molecule has 1 atom stereocenters. The Morgan fingerprint density at radius 3 is 2.93 bits per heavy atom. The normalized spacial score (nSPS) is 16.5. The number of aromatic nitrogens is 3. The largest absolute Gasteiger partial charge is 0.331 e. The Kier molecular flexibility index (Phi) is 5.05. The molecule has 5 nitrogen and oxygen atoms in total. The number of hydrogen-bond donors (Lipinski definition) is 0. The van der Waals surface area contributed by atoms with Gasteiger partial charge in [0.25, 0.3) is 5.91 Å². The molecule has 3 aromatic heterocycles. The van der Waals surface area contributed by atoms with Gasteiger partial charge in [-0.3, -0.25) is 14.5 Å². The van der Waals surface area contributed by atoms with Gasteiger partial charge in [-0.1, -0.05) is 35.9 Å². The lowest BCUT2D eigenvalue weighted by molar-refractivity contribution is 0.0740. The quantitative estimate of drug-likeness (QED) is 0.425. The highest BCUT2D eigenvalue weighted by Crippen LogP contribution is 2.36. The van der Waals surface area contributed by atoms with Crippen LogP contribution < -0.4 is 0 Å². The summed E-state index contributed by atoms with van der Waals surface area (Å²) in [5.41, 5.74) is 3.05. The molecule has 1 aliphatic heterocycles. The first-order valence-corrected chi connectivity index (χ1v) is 11.2. The van der Waals surface area contributed by atoms with Gasteiger partial charge in [0.1, 0.15) is 4.83 Å². The molecule has 4 heterocycles. The van der Waals surface area contributed by atoms with Crippen molar-refractivity contribution in [2.45, 2.75) is 32.4 Å². The van der Waals surface area contributed by atoms with E-state index in [2.05, 4.69) is 16.1 Å². The number of thiophene rings is 1. The number of pyridine rings is 1. The van der Waals surface area contributed by atoms with Gasteiger partial charge >= 0.3 is 0 Å². The van der Waals surface area contributed by atoms with E-state index in [1.165, 1.54) is 11.3 Å². The highest BCUT2D eigenvalue weighted by atomic mass is 35.5. The number of aryl methyl sites for hydroxylation is 1. The van der Waals surface area contributed by atoms with E-state index < -0.39 is 0 Å². The minimum Gasteiger partial charge on any atom is -0.331 e. The molecule has 5 rings (SSSR count). The number of hydrogen-bond acceptors (Lipinski definition) is 4. The van der Waals surface area contributed by atoms with Crippen LogP contribution in [0.3, 0.4) is 0 Å². The molecule has 1 fully saturated rings. The lowest BCUT2D eigenvalue weighted by Gasteiger charge is -2.24. The zero-order valence-electron chi connectivity index (χ0n) is 16.6. The summed E-state index contributed by atoms with van der Waals surface area (Å²) >= 11 is 7.86. The highest BCUT2D eigenvalue weighted by Gasteiger charge is 2.32. The molecule has 30 heavy (non-hydrogen) atoms. The van der Waals surface area contributed by atoms with Crippen LogP contribution in [-0.4, -0.2) is 32.1 Å². The van der Waals surface area contributed by atoms with Crippen molar-refractivity contribution in [3.8, 4) is 0 Å². The number of likely N-dealkylation sites (tertiary alicyclic amines) is 1. The molecule has 152 valence electrons. The average Bonchev–Trinajstić information content (AvgIpc) is 3.48. The number of rotatable bonds is 4. The highest BCUT2D eigenvalue weighted by molar-refractivity contribution is 7.20. The lowest BCUT2D eigenvalue weighted by Crippen LogP contribution is -2.30. The molecule has 0 unspecified atom stereocenters. The second-order valence-corrected chi connectivity index (χ2v) is 9.04. The number of halogens is 1. The van der Waals surface area contributed by atoms with Crippen LogP contribution >= 0.6 is 22.9 Å². The summed E-state index contributed by atoms with van der Waals surface area (Å²) in [5, 5.41) is 6.44. The van der Waals surface area contributed by atoms with Crippen molar-refractivity contribution in [2.24, 2.45) is 0 Å². The van der Waals surface area contributed by atoms with E-state index in [1.54, 1.807) is 6.20 Å². The van der Waals surface area contributed by atoms with E-state index in [-0.39, 0.29) is 11.9 Å². The van der Waals surface area contributed by atoms with E-state index in [0.717, 1.165) is 56.3 Å². The molecular formula is C23H21ClN4OS. The van der Waals surface area contributed by atoms with Gasteiger partial charge in [0.15, 0.2) is 0 Å². The Labute approximate surface area is 183 Å². The summed E-state index contributed by atoms with van der Waals surface area (Å²) in [6, 6.07) is 13.9. The van der Waals surface area contributed by atoms with Crippen molar-refractivity contribution >= 4 is 39.1 Å². The fourth-order valence-corrected chi connectivity index (χ4v) is 5.50. The number of nitrogens with zero attached hydrogens (tertiary/aromatic N) is 4. The van der Waals surface area contributed by atoms with Gasteiger partial charge in [-0.25, -0.2) is 0 Å². The average molecular weight is 437 g/mol. The van der Waals surface area contributed by atoms with Crippen molar-refractivity contribution in [1.82, 2.24) is 19.7 Å². The SMILES string of the molecule is Cc1nn(Cc2ccccc2Cl)c2sc(C(=O)N3CCC[C@@H]3c3cccnc3)cc12. The Balaban J connectivity index is 1.46. The van der Waals surface area contributed by atoms with E-state index >= 15 is 0 Å². The number of benzene rings is 1. The van der Waals surface area contributed by atoms with Crippen molar-refractivity contribution in [1.29, 1.82) is 0 Å². The lowest BCUT2D eigenvalue weighted by atomic mass is 10.1. The van der Waals surface area contributed by atoms with Crippen molar-refractivity contribution < 1.29 is 4.79 Å². The van der Waals surface area contributed by atoms with Gasteiger partial charge in [0.05, 0.1) is 23.2 Å². The maximum absolute atomic E-state index is 13.4. The molecule has 0 N–H and O–H groups in total. The molecular weight excluding hydrogens is 416 g/mol. The zero-order valence-corrected chi connectivity index (χ0v) is 18.2. The van der Waals surface area contributed by atoms with Gasteiger partial charge in [-0.2, -0.15) is 5.10 Å². The Bertz CT molecular complexity index is 1220. The molecule has 0 radical (unpaired) electrons. The van der Waals surface area contributed by atoms with E-state index in [0.29, 0.717) is 6.54 Å². The van der Waals surface area contributed by atoms with Crippen LogP contribution in [0.5, 0.6) is 0 Å². The topological polar surface area (TPSA) is 51.0 Å². The molecule has 7 heteroatoms. The molecule has 1 aromatic carbocycles. The second-order valence-electron chi connectivity index (χ2n) is 7.61.